The molecule has 11 heavy (non-hydrogen) atoms. The molecule has 0 saturated heterocycles. The van der Waals surface area contributed by atoms with Crippen molar-refractivity contribution in [2.24, 2.45) is 0 Å². The van der Waals surface area contributed by atoms with Crippen molar-refractivity contribution in [2.45, 2.75) is 0 Å². The fourth-order valence-corrected chi connectivity index (χ4v) is 1.60. The average Bonchev–Trinajstić information content (AvgIpc) is 1.85. The molecule has 0 saturated carbocycles. The maximum Gasteiger partial charge on any atom is 0.334 e. The first-order valence-electron chi connectivity index (χ1n) is 2.78. The van der Waals surface area contributed by atoms with Crippen molar-refractivity contribution in [2.75, 3.05) is 6.66 Å². The summed E-state index contributed by atoms with van der Waals surface area (Å²) < 4.78 is 1.45. The molecule has 1 heterocycles. The van der Waals surface area contributed by atoms with Gasteiger partial charge in [0.25, 0.3) is 0 Å². The van der Waals surface area contributed by atoms with Gasteiger partial charge in [0.05, 0.1) is 0 Å². The van der Waals surface area contributed by atoms with E-state index < -0.39 is 11.4 Å². The summed E-state index contributed by atoms with van der Waals surface area (Å²) in [7, 11) is 0.223. The molecule has 0 fully saturated rings. The highest BCUT2D eigenvalue weighted by atomic mass is 32.1. The molecule has 7 heteroatoms. The van der Waals surface area contributed by atoms with Crippen LogP contribution in [0, 0.1) is 4.77 Å². The standard InChI is InChI=1S/C4H6N3O2PS/c1-10-7-3(9)5-2(8)6-4(7)11/h10H,1H3,(H2,5,6,8,9,11). The third kappa shape index (κ3) is 1.64. The van der Waals surface area contributed by atoms with Gasteiger partial charge in [-0.3, -0.25) is 14.3 Å². The lowest BCUT2D eigenvalue weighted by Gasteiger charge is -1.97. The Morgan fingerprint density at radius 2 is 2.09 bits per heavy atom. The minimum absolute atomic E-state index is 0.166. The molecule has 2 N–H and O–H groups in total. The van der Waals surface area contributed by atoms with Crippen LogP contribution in [0.15, 0.2) is 9.59 Å². The summed E-state index contributed by atoms with van der Waals surface area (Å²) in [4.78, 5) is 25.9. The monoisotopic (exact) mass is 191 g/mol. The number of H-pyrrole nitrogens is 2. The Morgan fingerprint density at radius 3 is 2.55 bits per heavy atom. The van der Waals surface area contributed by atoms with Crippen LogP contribution in [0.3, 0.4) is 0 Å². The number of aromatic amines is 2. The van der Waals surface area contributed by atoms with Gasteiger partial charge in [0, 0.05) is 0 Å². The highest BCUT2D eigenvalue weighted by Gasteiger charge is 1.94. The van der Waals surface area contributed by atoms with Gasteiger partial charge in [-0.2, -0.15) is 0 Å². The fraction of sp³-hybridized carbons (Fsp3) is 0.250. The van der Waals surface area contributed by atoms with Crippen molar-refractivity contribution in [1.29, 1.82) is 0 Å². The quantitative estimate of drug-likeness (QED) is 0.471. The van der Waals surface area contributed by atoms with E-state index in [1.165, 1.54) is 4.34 Å². The Morgan fingerprint density at radius 1 is 1.45 bits per heavy atom. The van der Waals surface area contributed by atoms with Gasteiger partial charge in [-0.15, -0.1) is 0 Å². The van der Waals surface area contributed by atoms with Crippen LogP contribution in [-0.2, 0) is 0 Å². The van der Waals surface area contributed by atoms with Gasteiger partial charge in [0.15, 0.2) is 4.77 Å². The van der Waals surface area contributed by atoms with E-state index in [1.807, 2.05) is 0 Å². The summed E-state index contributed by atoms with van der Waals surface area (Å²) in [6.07, 6.45) is 0. The molecule has 1 unspecified atom stereocenters. The summed E-state index contributed by atoms with van der Waals surface area (Å²) >= 11 is 4.72. The Kier molecular flexibility index (Phi) is 2.36. The highest BCUT2D eigenvalue weighted by Crippen LogP contribution is 2.00. The van der Waals surface area contributed by atoms with Crippen molar-refractivity contribution < 1.29 is 0 Å². The van der Waals surface area contributed by atoms with E-state index >= 15 is 0 Å². The molecule has 0 aromatic carbocycles. The van der Waals surface area contributed by atoms with Gasteiger partial charge >= 0.3 is 11.4 Å². The topological polar surface area (TPSA) is 70.7 Å². The van der Waals surface area contributed by atoms with E-state index in [-0.39, 0.29) is 13.5 Å². The van der Waals surface area contributed by atoms with Crippen LogP contribution < -0.4 is 11.4 Å². The van der Waals surface area contributed by atoms with Crippen LogP contribution in [0.25, 0.3) is 0 Å². The van der Waals surface area contributed by atoms with E-state index in [2.05, 4.69) is 9.97 Å². The van der Waals surface area contributed by atoms with Crippen LogP contribution in [0.5, 0.6) is 0 Å². The summed E-state index contributed by atoms with van der Waals surface area (Å²) in [5, 5.41) is 0. The SMILES string of the molecule is CPn1c(=O)[nH]c(=O)[nH]c1=S. The summed E-state index contributed by atoms with van der Waals surface area (Å²) in [6.45, 7) is 1.79. The van der Waals surface area contributed by atoms with Crippen molar-refractivity contribution in [1.82, 2.24) is 14.3 Å². The second-order valence-electron chi connectivity index (χ2n) is 1.75. The predicted molar refractivity (Wildman–Crippen MR) is 46.1 cm³/mol. The normalized spacial score (nSPS) is 11.0. The van der Waals surface area contributed by atoms with Crippen LogP contribution >= 0.6 is 20.9 Å². The molecule has 1 rings (SSSR count). The summed E-state index contributed by atoms with van der Waals surface area (Å²) in [5.41, 5.74) is -1.02. The lowest BCUT2D eigenvalue weighted by atomic mass is 11.0. The molecule has 0 radical (unpaired) electrons. The third-order valence-corrected chi connectivity index (χ3v) is 2.39. The maximum atomic E-state index is 10.9. The van der Waals surface area contributed by atoms with Crippen molar-refractivity contribution >= 4 is 20.9 Å². The predicted octanol–water partition coefficient (Wildman–Crippen LogP) is -0.334. The molecule has 5 nitrogen and oxygen atoms in total. The Balaban J connectivity index is 3.63. The largest absolute Gasteiger partial charge is 0.334 e. The number of nitrogens with zero attached hydrogens (tertiary/aromatic N) is 1. The highest BCUT2D eigenvalue weighted by molar-refractivity contribution is 7.71. The molecule has 0 bridgehead atoms. The second-order valence-corrected chi connectivity index (χ2v) is 3.03. The summed E-state index contributed by atoms with van der Waals surface area (Å²) in [5.74, 6) is 0. The lowest BCUT2D eigenvalue weighted by molar-refractivity contribution is 0.877. The maximum absolute atomic E-state index is 10.9. The molecular formula is C4H6N3O2PS. The van der Waals surface area contributed by atoms with E-state index in [4.69, 9.17) is 12.2 Å². The van der Waals surface area contributed by atoms with Gasteiger partial charge in [0.1, 0.15) is 0 Å². The Hall–Kier alpha value is -0.740. The molecule has 1 aromatic rings. The molecule has 0 amide bonds. The lowest BCUT2D eigenvalue weighted by Crippen LogP contribution is -2.28. The van der Waals surface area contributed by atoms with E-state index in [0.29, 0.717) is 0 Å². The number of hydrogen-bond donors (Lipinski definition) is 2. The Labute approximate surface area is 68.3 Å². The van der Waals surface area contributed by atoms with E-state index in [0.717, 1.165) is 0 Å². The fourth-order valence-electron chi connectivity index (χ4n) is 0.633. The first-order valence-corrected chi connectivity index (χ1v) is 4.64. The minimum Gasteiger partial charge on any atom is -0.284 e. The number of hydrogen-bond acceptors (Lipinski definition) is 3. The van der Waals surface area contributed by atoms with Crippen molar-refractivity contribution in [3.8, 4) is 0 Å². The van der Waals surface area contributed by atoms with Gasteiger partial charge in [-0.05, 0) is 27.6 Å². The first-order chi connectivity index (χ1) is 5.15. The van der Waals surface area contributed by atoms with Gasteiger partial charge in [0.2, 0.25) is 0 Å². The smallest absolute Gasteiger partial charge is 0.284 e. The van der Waals surface area contributed by atoms with Crippen molar-refractivity contribution in [3.05, 3.63) is 25.7 Å². The minimum atomic E-state index is -0.561. The molecule has 1 aromatic heterocycles. The molecule has 60 valence electrons. The van der Waals surface area contributed by atoms with Crippen LogP contribution in [0.4, 0.5) is 0 Å². The van der Waals surface area contributed by atoms with Crippen LogP contribution in [0.2, 0.25) is 0 Å². The molecule has 1 atom stereocenters. The number of rotatable bonds is 1. The van der Waals surface area contributed by atoms with Crippen LogP contribution in [-0.4, -0.2) is 21.0 Å². The molecular weight excluding hydrogens is 185 g/mol. The zero-order chi connectivity index (χ0) is 8.43. The zero-order valence-corrected chi connectivity index (χ0v) is 7.49. The third-order valence-electron chi connectivity index (χ3n) is 1.07. The second kappa shape index (κ2) is 3.11. The average molecular weight is 191 g/mol. The number of nitrogens with one attached hydrogen (secondary N) is 2. The van der Waals surface area contributed by atoms with E-state index in [1.54, 1.807) is 6.66 Å². The molecule has 0 aliphatic rings. The van der Waals surface area contributed by atoms with Gasteiger partial charge in [-0.25, -0.2) is 9.59 Å². The Bertz CT molecular complexity index is 382. The van der Waals surface area contributed by atoms with Crippen LogP contribution in [0.1, 0.15) is 0 Å². The molecule has 0 spiro atoms. The molecule has 0 aliphatic carbocycles. The molecule has 0 aliphatic heterocycles. The van der Waals surface area contributed by atoms with Crippen molar-refractivity contribution in [3.63, 3.8) is 0 Å². The number of aromatic nitrogens is 3. The van der Waals surface area contributed by atoms with Gasteiger partial charge < -0.3 is 0 Å². The zero-order valence-electron chi connectivity index (χ0n) is 5.67. The first kappa shape index (κ1) is 8.36. The van der Waals surface area contributed by atoms with Gasteiger partial charge in [-0.1, -0.05) is 0 Å². The summed E-state index contributed by atoms with van der Waals surface area (Å²) in [6, 6.07) is 0. The van der Waals surface area contributed by atoms with E-state index in [9.17, 15) is 9.59 Å².